The minimum Gasteiger partial charge on any atom is -0.325 e. The maximum Gasteiger partial charge on any atom is 0.267 e. The van der Waals surface area contributed by atoms with Crippen LogP contribution in [0.5, 0.6) is 0 Å². The molecule has 58 heavy (non-hydrogen) atoms. The van der Waals surface area contributed by atoms with Crippen molar-refractivity contribution in [2.45, 2.75) is 12.8 Å². The zero-order chi connectivity index (χ0) is 39.8. The third-order valence-electron chi connectivity index (χ3n) is 10.6. The van der Waals surface area contributed by atoms with Crippen LogP contribution in [-0.4, -0.2) is 47.5 Å². The first-order chi connectivity index (χ1) is 28.2. The molecule has 0 spiro atoms. The summed E-state index contributed by atoms with van der Waals surface area (Å²) in [6.45, 7) is 4.05. The molecule has 4 N–H and O–H groups in total. The molecule has 0 saturated carbocycles. The molecule has 4 aliphatic rings. The number of hydrogen-bond acceptors (Lipinski definition) is 9. The van der Waals surface area contributed by atoms with E-state index in [1.165, 1.54) is 24.3 Å². The monoisotopic (exact) mass is 764 g/mol. The Morgan fingerprint density at radius 1 is 0.552 bits per heavy atom. The Morgan fingerprint density at radius 3 is 1.72 bits per heavy atom. The highest BCUT2D eigenvalue weighted by Crippen LogP contribution is 2.35. The van der Waals surface area contributed by atoms with Gasteiger partial charge in [0, 0.05) is 50.8 Å². The van der Waals surface area contributed by atoms with Gasteiger partial charge in [-0.3, -0.25) is 48.8 Å². The largest absolute Gasteiger partial charge is 0.325 e. The lowest BCUT2D eigenvalue weighted by Gasteiger charge is -2.28. The van der Waals surface area contributed by atoms with E-state index in [4.69, 9.17) is 0 Å². The van der Waals surface area contributed by atoms with Crippen LogP contribution >= 0.6 is 0 Å². The number of imide groups is 2. The predicted octanol–water partition coefficient (Wildman–Crippen LogP) is 5.83. The van der Waals surface area contributed by atoms with E-state index in [1.54, 1.807) is 4.57 Å². The lowest BCUT2D eigenvalue weighted by molar-refractivity contribution is 0.0823. The van der Waals surface area contributed by atoms with Gasteiger partial charge in [0.1, 0.15) is 0 Å². The first-order valence-electron chi connectivity index (χ1n) is 18.2. The SMILES string of the molecule is C=C1Nc2nc3ccccc3c(=O)n2C2=C1CC=CC2.O=C1NC(=O)c2ccc3c4c(ccc1c24)C(=O)NC3=O.O=c1[nH]c2nc3ccccc3n2c2ccccc12. The summed E-state index contributed by atoms with van der Waals surface area (Å²) >= 11 is 0. The van der Waals surface area contributed by atoms with E-state index in [2.05, 4.69) is 49.6 Å². The molecule has 4 amide bonds. The number of aromatic amines is 1. The van der Waals surface area contributed by atoms with Crippen molar-refractivity contribution in [1.82, 2.24) is 34.6 Å². The van der Waals surface area contributed by atoms with Crippen LogP contribution < -0.4 is 27.1 Å². The van der Waals surface area contributed by atoms with Crippen molar-refractivity contribution in [2.24, 2.45) is 0 Å². The molecule has 8 aromatic rings. The zero-order valence-corrected chi connectivity index (χ0v) is 30.3. The Kier molecular flexibility index (Phi) is 7.63. The lowest BCUT2D eigenvalue weighted by atomic mass is 9.87. The first kappa shape index (κ1) is 34.2. The molecule has 6 heterocycles. The van der Waals surface area contributed by atoms with Crippen LogP contribution in [0.1, 0.15) is 54.3 Å². The molecule has 3 aromatic heterocycles. The van der Waals surface area contributed by atoms with E-state index in [0.717, 1.165) is 46.4 Å². The highest BCUT2D eigenvalue weighted by Gasteiger charge is 2.32. The van der Waals surface area contributed by atoms with Crippen LogP contribution in [0.3, 0.4) is 0 Å². The van der Waals surface area contributed by atoms with E-state index < -0.39 is 23.6 Å². The van der Waals surface area contributed by atoms with E-state index in [0.29, 0.717) is 61.0 Å². The van der Waals surface area contributed by atoms with Crippen LogP contribution in [0.15, 0.2) is 137 Å². The molecular formula is C44H28N8O6. The second-order valence-corrected chi connectivity index (χ2v) is 13.9. The van der Waals surface area contributed by atoms with Crippen LogP contribution in [0.25, 0.3) is 55.1 Å². The molecule has 3 aliphatic heterocycles. The van der Waals surface area contributed by atoms with Gasteiger partial charge in [-0.15, -0.1) is 0 Å². The van der Waals surface area contributed by atoms with Gasteiger partial charge in [0.05, 0.1) is 32.8 Å². The second kappa shape index (κ2) is 12.9. The summed E-state index contributed by atoms with van der Waals surface area (Å²) in [6.07, 6.45) is 5.74. The zero-order valence-electron chi connectivity index (χ0n) is 30.3. The summed E-state index contributed by atoms with van der Waals surface area (Å²) in [6, 6.07) is 28.8. The summed E-state index contributed by atoms with van der Waals surface area (Å²) < 4.78 is 3.67. The number of hydrogen-bond donors (Lipinski definition) is 4. The molecule has 12 rings (SSSR count). The van der Waals surface area contributed by atoms with Crippen LogP contribution in [0.4, 0.5) is 5.95 Å². The fourth-order valence-electron chi connectivity index (χ4n) is 7.95. The number of nitrogens with zero attached hydrogens (tertiary/aromatic N) is 4. The minimum atomic E-state index is -0.523. The number of allylic oxidation sites excluding steroid dienone is 4. The number of para-hydroxylation sites is 4. The van der Waals surface area contributed by atoms with Crippen molar-refractivity contribution in [2.75, 3.05) is 5.32 Å². The number of fused-ring (bicyclic) bond motifs is 8. The van der Waals surface area contributed by atoms with Crippen molar-refractivity contribution < 1.29 is 19.2 Å². The number of H-pyrrole nitrogens is 1. The maximum atomic E-state index is 12.7. The average molecular weight is 765 g/mol. The Morgan fingerprint density at radius 2 is 1.09 bits per heavy atom. The molecule has 0 atom stereocenters. The Hall–Kier alpha value is -8.26. The Bertz CT molecular complexity index is 3280. The molecule has 5 aromatic carbocycles. The Balaban J connectivity index is 0.000000106. The summed E-state index contributed by atoms with van der Waals surface area (Å²) in [5, 5.41) is 9.68. The van der Waals surface area contributed by atoms with Crippen LogP contribution in [-0.2, 0) is 0 Å². The highest BCUT2D eigenvalue weighted by atomic mass is 16.2. The number of anilines is 1. The van der Waals surface area contributed by atoms with Gasteiger partial charge < -0.3 is 5.32 Å². The van der Waals surface area contributed by atoms with Crippen molar-refractivity contribution in [3.8, 4) is 0 Å². The van der Waals surface area contributed by atoms with E-state index in [9.17, 15) is 28.8 Å². The minimum absolute atomic E-state index is 0.0200. The molecule has 14 nitrogen and oxygen atoms in total. The van der Waals surface area contributed by atoms with Crippen molar-refractivity contribution in [3.05, 3.63) is 170 Å². The fraction of sp³-hybridized carbons (Fsp3) is 0.0455. The number of rotatable bonds is 0. The second-order valence-electron chi connectivity index (χ2n) is 13.9. The molecule has 280 valence electrons. The third kappa shape index (κ3) is 5.19. The van der Waals surface area contributed by atoms with Gasteiger partial charge >= 0.3 is 0 Å². The molecule has 0 radical (unpaired) electrons. The smallest absolute Gasteiger partial charge is 0.267 e. The lowest BCUT2D eigenvalue weighted by Crippen LogP contribution is -2.38. The molecule has 0 fully saturated rings. The molecular weight excluding hydrogens is 737 g/mol. The first-order valence-corrected chi connectivity index (χ1v) is 18.2. The average Bonchev–Trinajstić information content (AvgIpc) is 3.61. The van der Waals surface area contributed by atoms with Gasteiger partial charge in [-0.2, -0.15) is 0 Å². The van der Waals surface area contributed by atoms with Gasteiger partial charge in [0.15, 0.2) is 0 Å². The molecule has 1 aliphatic carbocycles. The third-order valence-corrected chi connectivity index (χ3v) is 10.6. The number of imidazole rings is 1. The standard InChI is InChI=1S/C16H13N3O.C14H9N3O.C14H6N2O4/c1-10-11-6-3-5-9-14(11)19-15(20)12-7-2-4-8-13(12)18-16(19)17-10;18-13-9-5-1-3-7-11(9)17-12-8-4-2-6-10(12)15-14(17)16-13;17-11-5-1-2-6-10-8(14(20)16-12(6)18)4-3-7(9(5)10)13(19)15-11/h2-5,7-8H,1,6,9H2,(H,17,18);1-8H,(H,15,16,18);1-4H,(H,15,17,19)(H,16,18,20). The summed E-state index contributed by atoms with van der Waals surface area (Å²) in [5.74, 6) is -0.948. The van der Waals surface area contributed by atoms with E-state index in [1.807, 2.05) is 77.2 Å². The number of carbonyl (C=O) groups is 4. The molecule has 0 unspecified atom stereocenters. The van der Waals surface area contributed by atoms with Gasteiger partial charge in [0.25, 0.3) is 34.7 Å². The fourth-order valence-corrected chi connectivity index (χ4v) is 7.95. The number of nitrogens with one attached hydrogen (secondary N) is 4. The molecule has 14 heteroatoms. The van der Waals surface area contributed by atoms with Gasteiger partial charge in [-0.05, 0) is 72.7 Å². The highest BCUT2D eigenvalue weighted by molar-refractivity contribution is 6.33. The Labute approximate surface area is 325 Å². The molecule has 0 bridgehead atoms. The van der Waals surface area contributed by atoms with Crippen LogP contribution in [0, 0.1) is 0 Å². The quantitative estimate of drug-likeness (QED) is 0.109. The topological polar surface area (TPSA) is 189 Å². The van der Waals surface area contributed by atoms with Gasteiger partial charge in [0.2, 0.25) is 11.7 Å². The van der Waals surface area contributed by atoms with E-state index >= 15 is 0 Å². The summed E-state index contributed by atoms with van der Waals surface area (Å²) in [4.78, 5) is 83.9. The number of aromatic nitrogens is 5. The summed E-state index contributed by atoms with van der Waals surface area (Å²) in [5.41, 5.74) is 7.45. The van der Waals surface area contributed by atoms with Crippen molar-refractivity contribution >= 4 is 84.7 Å². The maximum absolute atomic E-state index is 12.7. The normalized spacial score (nSPS) is 15.0. The van der Waals surface area contributed by atoms with Gasteiger partial charge in [-0.25, -0.2) is 14.5 Å². The van der Waals surface area contributed by atoms with Crippen molar-refractivity contribution in [3.63, 3.8) is 0 Å². The van der Waals surface area contributed by atoms with Crippen LogP contribution in [0.2, 0.25) is 0 Å². The summed E-state index contributed by atoms with van der Waals surface area (Å²) in [7, 11) is 0. The molecule has 0 saturated heterocycles. The van der Waals surface area contributed by atoms with Crippen molar-refractivity contribution in [1.29, 1.82) is 0 Å². The van der Waals surface area contributed by atoms with Gasteiger partial charge in [-0.1, -0.05) is 55.1 Å². The number of benzene rings is 5. The number of carbonyl (C=O) groups excluding carboxylic acids is 4. The predicted molar refractivity (Wildman–Crippen MR) is 219 cm³/mol. The van der Waals surface area contributed by atoms with E-state index in [-0.39, 0.29) is 11.1 Å². The number of amides is 4.